The fourth-order valence-electron chi connectivity index (χ4n) is 1.36. The molecule has 1 heterocycles. The van der Waals surface area contributed by atoms with Crippen molar-refractivity contribution in [3.8, 4) is 0 Å². The number of rotatable bonds is 5. The number of hydrogen-bond acceptors (Lipinski definition) is 5. The summed E-state index contributed by atoms with van der Waals surface area (Å²) in [5.41, 5.74) is 3.06. The molecule has 1 aromatic carbocycles. The van der Waals surface area contributed by atoms with Crippen LogP contribution < -0.4 is 10.7 Å². The topological polar surface area (TPSA) is 83.5 Å². The Balaban J connectivity index is 1.76. The first-order valence-electron chi connectivity index (χ1n) is 5.90. The van der Waals surface area contributed by atoms with E-state index in [4.69, 9.17) is 11.6 Å². The number of nitrogens with one attached hydrogen (secondary N) is 2. The third-order valence-corrected chi connectivity index (χ3v) is 3.21. The van der Waals surface area contributed by atoms with Crippen molar-refractivity contribution in [3.05, 3.63) is 46.4 Å². The summed E-state index contributed by atoms with van der Waals surface area (Å²) in [6.45, 7) is 0. The fourth-order valence-corrected chi connectivity index (χ4v) is 2.03. The molecule has 1 aromatic heterocycles. The van der Waals surface area contributed by atoms with E-state index in [-0.39, 0.29) is 6.42 Å². The van der Waals surface area contributed by atoms with Gasteiger partial charge in [0, 0.05) is 16.6 Å². The number of aromatic nitrogens is 1. The van der Waals surface area contributed by atoms with Crippen LogP contribution in [-0.2, 0) is 9.59 Å². The van der Waals surface area contributed by atoms with Gasteiger partial charge in [-0.05, 0) is 17.7 Å². The van der Waals surface area contributed by atoms with Gasteiger partial charge in [0.25, 0.3) is 0 Å². The van der Waals surface area contributed by atoms with Gasteiger partial charge in [-0.1, -0.05) is 23.7 Å². The van der Waals surface area contributed by atoms with E-state index in [1.807, 2.05) is 0 Å². The quantitative estimate of drug-likeness (QED) is 0.503. The Morgan fingerprint density at radius 3 is 2.71 bits per heavy atom. The number of carbonyl (C=O) groups excluding carboxylic acids is 2. The maximum Gasteiger partial charge on any atom is 0.249 e. The Labute approximate surface area is 129 Å². The van der Waals surface area contributed by atoms with Gasteiger partial charge in [-0.3, -0.25) is 9.59 Å². The van der Waals surface area contributed by atoms with Crippen LogP contribution in [0.25, 0.3) is 0 Å². The second-order valence-corrected chi connectivity index (χ2v) is 5.24. The van der Waals surface area contributed by atoms with Crippen LogP contribution >= 0.6 is 22.9 Å². The first-order chi connectivity index (χ1) is 10.1. The van der Waals surface area contributed by atoms with Gasteiger partial charge < -0.3 is 5.32 Å². The standard InChI is InChI=1S/C13H11ClN4O2S/c14-10-3-1-9(2-4-10)8-16-18-12(20)7-11(19)17-13-15-5-6-21-13/h1-6,8H,7H2,(H,18,20)(H,15,17,19)/b16-8+. The van der Waals surface area contributed by atoms with E-state index in [0.29, 0.717) is 10.2 Å². The molecule has 0 saturated carbocycles. The molecule has 0 radical (unpaired) electrons. The highest BCUT2D eigenvalue weighted by atomic mass is 35.5. The zero-order valence-electron chi connectivity index (χ0n) is 10.7. The van der Waals surface area contributed by atoms with Crippen molar-refractivity contribution < 1.29 is 9.59 Å². The summed E-state index contributed by atoms with van der Waals surface area (Å²) in [6, 6.07) is 6.94. The van der Waals surface area contributed by atoms with Crippen LogP contribution in [0.4, 0.5) is 5.13 Å². The zero-order chi connectivity index (χ0) is 15.1. The number of thiazole rings is 1. The number of hydrazone groups is 1. The van der Waals surface area contributed by atoms with E-state index in [0.717, 1.165) is 5.56 Å². The fraction of sp³-hybridized carbons (Fsp3) is 0.0769. The predicted octanol–water partition coefficient (Wildman–Crippen LogP) is 2.28. The van der Waals surface area contributed by atoms with E-state index in [1.54, 1.807) is 35.8 Å². The van der Waals surface area contributed by atoms with E-state index in [9.17, 15) is 9.59 Å². The number of nitrogens with zero attached hydrogens (tertiary/aromatic N) is 2. The zero-order valence-corrected chi connectivity index (χ0v) is 12.3. The SMILES string of the molecule is O=C(CC(=O)Nc1nccs1)N/N=C/c1ccc(Cl)cc1. The Morgan fingerprint density at radius 2 is 2.05 bits per heavy atom. The number of benzene rings is 1. The van der Waals surface area contributed by atoms with Crippen LogP contribution in [0.1, 0.15) is 12.0 Å². The molecule has 0 bridgehead atoms. The summed E-state index contributed by atoms with van der Waals surface area (Å²) in [5.74, 6) is -0.946. The smallest absolute Gasteiger partial charge is 0.249 e. The maximum absolute atomic E-state index is 11.5. The van der Waals surface area contributed by atoms with Crippen LogP contribution in [0.2, 0.25) is 5.02 Å². The Morgan fingerprint density at radius 1 is 1.29 bits per heavy atom. The molecule has 2 amide bonds. The van der Waals surface area contributed by atoms with Crippen LogP contribution in [0.15, 0.2) is 40.9 Å². The van der Waals surface area contributed by atoms with Gasteiger partial charge in [-0.2, -0.15) is 5.10 Å². The molecule has 0 saturated heterocycles. The second-order valence-electron chi connectivity index (χ2n) is 3.91. The van der Waals surface area contributed by atoms with Crippen molar-refractivity contribution in [2.75, 3.05) is 5.32 Å². The molecule has 6 nitrogen and oxygen atoms in total. The monoisotopic (exact) mass is 322 g/mol. The minimum atomic E-state index is -0.505. The number of carbonyl (C=O) groups is 2. The second kappa shape index (κ2) is 7.51. The van der Waals surface area contributed by atoms with E-state index < -0.39 is 11.8 Å². The molecule has 2 N–H and O–H groups in total. The van der Waals surface area contributed by atoms with Gasteiger partial charge in [-0.25, -0.2) is 10.4 Å². The van der Waals surface area contributed by atoms with E-state index >= 15 is 0 Å². The van der Waals surface area contributed by atoms with Crippen molar-refractivity contribution in [1.82, 2.24) is 10.4 Å². The van der Waals surface area contributed by atoms with Crippen molar-refractivity contribution in [1.29, 1.82) is 0 Å². The van der Waals surface area contributed by atoms with Crippen LogP contribution in [0, 0.1) is 0 Å². The molecular weight excluding hydrogens is 312 g/mol. The van der Waals surface area contributed by atoms with Crippen LogP contribution in [0.3, 0.4) is 0 Å². The predicted molar refractivity (Wildman–Crippen MR) is 82.5 cm³/mol. The molecule has 2 aromatic rings. The number of amides is 2. The van der Waals surface area contributed by atoms with Gasteiger partial charge in [0.15, 0.2) is 5.13 Å². The molecular formula is C13H11ClN4O2S. The lowest BCUT2D eigenvalue weighted by Gasteiger charge is -2.00. The normalized spacial score (nSPS) is 10.5. The molecule has 0 atom stereocenters. The highest BCUT2D eigenvalue weighted by Gasteiger charge is 2.09. The summed E-state index contributed by atoms with van der Waals surface area (Å²) in [7, 11) is 0. The third kappa shape index (κ3) is 5.33. The number of halogens is 1. The van der Waals surface area contributed by atoms with Gasteiger partial charge >= 0.3 is 0 Å². The van der Waals surface area contributed by atoms with Crippen LogP contribution in [0.5, 0.6) is 0 Å². The summed E-state index contributed by atoms with van der Waals surface area (Å²) in [6.07, 6.45) is 2.71. The molecule has 0 aliphatic rings. The average molecular weight is 323 g/mol. The largest absolute Gasteiger partial charge is 0.302 e. The lowest BCUT2D eigenvalue weighted by molar-refractivity contribution is -0.126. The van der Waals surface area contributed by atoms with Gasteiger partial charge in [0.2, 0.25) is 11.8 Å². The lowest BCUT2D eigenvalue weighted by Crippen LogP contribution is -2.24. The molecule has 108 valence electrons. The van der Waals surface area contributed by atoms with Gasteiger partial charge in [-0.15, -0.1) is 11.3 Å². The molecule has 0 fully saturated rings. The van der Waals surface area contributed by atoms with Crippen molar-refractivity contribution in [2.24, 2.45) is 5.10 Å². The first-order valence-corrected chi connectivity index (χ1v) is 7.16. The summed E-state index contributed by atoms with van der Waals surface area (Å²) in [5, 5.41) is 9.07. The molecule has 0 spiro atoms. The number of anilines is 1. The molecule has 0 aliphatic carbocycles. The summed E-state index contributed by atoms with van der Waals surface area (Å²) >= 11 is 7.03. The Kier molecular flexibility index (Phi) is 5.42. The molecule has 21 heavy (non-hydrogen) atoms. The van der Waals surface area contributed by atoms with Crippen LogP contribution in [-0.4, -0.2) is 23.0 Å². The third-order valence-electron chi connectivity index (χ3n) is 2.27. The lowest BCUT2D eigenvalue weighted by atomic mass is 10.2. The molecule has 8 heteroatoms. The van der Waals surface area contributed by atoms with Crippen molar-refractivity contribution in [3.63, 3.8) is 0 Å². The summed E-state index contributed by atoms with van der Waals surface area (Å²) < 4.78 is 0. The van der Waals surface area contributed by atoms with Gasteiger partial charge in [0.1, 0.15) is 6.42 Å². The highest BCUT2D eigenvalue weighted by molar-refractivity contribution is 7.13. The van der Waals surface area contributed by atoms with E-state index in [2.05, 4.69) is 20.8 Å². The molecule has 0 unspecified atom stereocenters. The minimum Gasteiger partial charge on any atom is -0.302 e. The van der Waals surface area contributed by atoms with E-state index in [1.165, 1.54) is 17.6 Å². The molecule has 0 aliphatic heterocycles. The number of hydrogen-bond donors (Lipinski definition) is 2. The maximum atomic E-state index is 11.5. The molecule has 2 rings (SSSR count). The Hall–Kier alpha value is -2.25. The van der Waals surface area contributed by atoms with Crippen molar-refractivity contribution >= 4 is 46.1 Å². The minimum absolute atomic E-state index is 0.322. The first kappa shape index (κ1) is 15.1. The summed E-state index contributed by atoms with van der Waals surface area (Å²) in [4.78, 5) is 26.9. The Bertz CT molecular complexity index is 641. The average Bonchev–Trinajstić information content (AvgIpc) is 2.93. The van der Waals surface area contributed by atoms with Crippen molar-refractivity contribution in [2.45, 2.75) is 6.42 Å². The highest BCUT2D eigenvalue weighted by Crippen LogP contribution is 2.10. The van der Waals surface area contributed by atoms with Gasteiger partial charge in [0.05, 0.1) is 6.21 Å².